The fraction of sp³-hybridized carbons (Fsp3) is 0. The van der Waals surface area contributed by atoms with Crippen molar-refractivity contribution < 1.29 is 0 Å². The lowest BCUT2D eigenvalue weighted by molar-refractivity contribution is 1.37. The molecule has 2 heteroatoms. The summed E-state index contributed by atoms with van der Waals surface area (Å²) in [6, 6.07) is 24.5. The highest BCUT2D eigenvalue weighted by Gasteiger charge is 2.02. The largest absolute Gasteiger partial charge is 0.248 e. The van der Waals surface area contributed by atoms with Gasteiger partial charge in [0.05, 0.1) is 16.2 Å². The molecule has 0 aliphatic rings. The molecule has 23 heavy (non-hydrogen) atoms. The van der Waals surface area contributed by atoms with E-state index < -0.39 is 0 Å². The third-order valence-corrected chi connectivity index (χ3v) is 4.37. The maximum absolute atomic E-state index is 6.53. The van der Waals surface area contributed by atoms with Crippen molar-refractivity contribution in [2.45, 2.75) is 0 Å². The van der Waals surface area contributed by atoms with E-state index in [0.717, 1.165) is 38.0 Å². The first-order valence-electron chi connectivity index (χ1n) is 7.52. The van der Waals surface area contributed by atoms with E-state index in [0.29, 0.717) is 0 Å². The van der Waals surface area contributed by atoms with Gasteiger partial charge in [0.2, 0.25) is 0 Å². The predicted molar refractivity (Wildman–Crippen MR) is 99.6 cm³/mol. The van der Waals surface area contributed by atoms with Crippen molar-refractivity contribution in [2.75, 3.05) is 0 Å². The van der Waals surface area contributed by atoms with E-state index in [2.05, 4.69) is 29.2 Å². The summed E-state index contributed by atoms with van der Waals surface area (Å²) in [5, 5.41) is 4.15. The number of hydrogen-bond acceptors (Lipinski definition) is 1. The number of pyridine rings is 1. The molecule has 1 nitrogen and oxygen atoms in total. The smallest absolute Gasteiger partial charge is 0.0709 e. The molecular formula is C21H14ClN. The lowest BCUT2D eigenvalue weighted by Gasteiger charge is -2.04. The number of para-hydroxylation sites is 1. The summed E-state index contributed by atoms with van der Waals surface area (Å²) in [7, 11) is 0. The van der Waals surface area contributed by atoms with E-state index in [-0.39, 0.29) is 0 Å². The minimum absolute atomic E-state index is 0.778. The summed E-state index contributed by atoms with van der Waals surface area (Å²) in [6.07, 6.45) is 4.02. The topological polar surface area (TPSA) is 12.9 Å². The Morgan fingerprint density at radius 2 is 1.43 bits per heavy atom. The SMILES string of the molecule is Clc1c(/C=C/c2ccc3ccccc3n2)ccc2ccccc12. The molecule has 110 valence electrons. The molecule has 0 aliphatic carbocycles. The van der Waals surface area contributed by atoms with Gasteiger partial charge >= 0.3 is 0 Å². The molecule has 1 heterocycles. The molecule has 0 spiro atoms. The monoisotopic (exact) mass is 315 g/mol. The first-order chi connectivity index (χ1) is 11.3. The quantitative estimate of drug-likeness (QED) is 0.428. The van der Waals surface area contributed by atoms with Crippen molar-refractivity contribution in [3.63, 3.8) is 0 Å². The second-order valence-electron chi connectivity index (χ2n) is 5.45. The Hall–Kier alpha value is -2.64. The van der Waals surface area contributed by atoms with E-state index in [1.807, 2.05) is 60.7 Å². The van der Waals surface area contributed by atoms with Crippen LogP contribution in [0.4, 0.5) is 0 Å². The number of nitrogens with zero attached hydrogens (tertiary/aromatic N) is 1. The van der Waals surface area contributed by atoms with Crippen molar-refractivity contribution in [3.8, 4) is 0 Å². The van der Waals surface area contributed by atoms with Gasteiger partial charge in [-0.15, -0.1) is 0 Å². The number of rotatable bonds is 2. The molecule has 0 unspecified atom stereocenters. The zero-order chi connectivity index (χ0) is 15.6. The molecule has 3 aromatic carbocycles. The third kappa shape index (κ3) is 2.71. The molecule has 4 rings (SSSR count). The van der Waals surface area contributed by atoms with Crippen LogP contribution in [0.5, 0.6) is 0 Å². The molecule has 0 saturated carbocycles. The Balaban J connectivity index is 1.73. The van der Waals surface area contributed by atoms with E-state index >= 15 is 0 Å². The van der Waals surface area contributed by atoms with Crippen LogP contribution in [0.2, 0.25) is 5.02 Å². The molecule has 0 fully saturated rings. The summed E-state index contributed by atoms with van der Waals surface area (Å²) in [4.78, 5) is 4.65. The minimum Gasteiger partial charge on any atom is -0.248 e. The highest BCUT2D eigenvalue weighted by Crippen LogP contribution is 2.28. The summed E-state index contributed by atoms with van der Waals surface area (Å²) in [5.41, 5.74) is 2.92. The number of aromatic nitrogens is 1. The Kier molecular flexibility index (Phi) is 3.57. The van der Waals surface area contributed by atoms with Crippen LogP contribution >= 0.6 is 11.6 Å². The number of hydrogen-bond donors (Lipinski definition) is 0. The first kappa shape index (κ1) is 14.0. The van der Waals surface area contributed by atoms with Crippen LogP contribution in [0.25, 0.3) is 33.8 Å². The average Bonchev–Trinajstić information content (AvgIpc) is 2.61. The molecule has 0 bridgehead atoms. The molecular weight excluding hydrogens is 302 g/mol. The summed E-state index contributed by atoms with van der Waals surface area (Å²) in [6.45, 7) is 0. The maximum Gasteiger partial charge on any atom is 0.0709 e. The molecule has 0 amide bonds. The van der Waals surface area contributed by atoms with Crippen molar-refractivity contribution in [1.82, 2.24) is 4.98 Å². The lowest BCUT2D eigenvalue weighted by atomic mass is 10.1. The van der Waals surface area contributed by atoms with Crippen LogP contribution in [-0.2, 0) is 0 Å². The van der Waals surface area contributed by atoms with Crippen molar-refractivity contribution in [2.24, 2.45) is 0 Å². The Morgan fingerprint density at radius 3 is 2.35 bits per heavy atom. The van der Waals surface area contributed by atoms with Crippen LogP contribution in [0.1, 0.15) is 11.3 Å². The van der Waals surface area contributed by atoms with Crippen LogP contribution in [0, 0.1) is 0 Å². The molecule has 0 saturated heterocycles. The molecule has 0 radical (unpaired) electrons. The molecule has 0 aliphatic heterocycles. The van der Waals surface area contributed by atoms with Crippen molar-refractivity contribution in [3.05, 3.63) is 89.1 Å². The van der Waals surface area contributed by atoms with Crippen LogP contribution < -0.4 is 0 Å². The standard InChI is InChI=1S/C21H14ClN/c22-21-17(10-9-15-5-1-3-7-19(15)21)12-14-18-13-11-16-6-2-4-8-20(16)23-18/h1-14H/b14-12+. The molecule has 0 atom stereocenters. The predicted octanol–water partition coefficient (Wildman–Crippen LogP) is 6.21. The second kappa shape index (κ2) is 5.86. The van der Waals surface area contributed by atoms with Gasteiger partial charge in [0.25, 0.3) is 0 Å². The fourth-order valence-corrected chi connectivity index (χ4v) is 3.03. The van der Waals surface area contributed by atoms with E-state index in [1.165, 1.54) is 0 Å². The van der Waals surface area contributed by atoms with E-state index in [4.69, 9.17) is 11.6 Å². The second-order valence-corrected chi connectivity index (χ2v) is 5.83. The number of fused-ring (bicyclic) bond motifs is 2. The number of benzene rings is 3. The summed E-state index contributed by atoms with van der Waals surface area (Å²) < 4.78 is 0. The molecule has 0 N–H and O–H groups in total. The van der Waals surface area contributed by atoms with E-state index in [1.54, 1.807) is 0 Å². The van der Waals surface area contributed by atoms with Gasteiger partial charge < -0.3 is 0 Å². The maximum atomic E-state index is 6.53. The minimum atomic E-state index is 0.778. The van der Waals surface area contributed by atoms with Crippen LogP contribution in [0.3, 0.4) is 0 Å². The van der Waals surface area contributed by atoms with Gasteiger partial charge in [-0.2, -0.15) is 0 Å². The average molecular weight is 316 g/mol. The van der Waals surface area contributed by atoms with Gasteiger partial charge in [0.1, 0.15) is 0 Å². The molecule has 4 aromatic rings. The summed E-state index contributed by atoms with van der Waals surface area (Å²) in [5.74, 6) is 0. The normalized spacial score (nSPS) is 11.5. The molecule has 1 aromatic heterocycles. The van der Waals surface area contributed by atoms with E-state index in [9.17, 15) is 0 Å². The number of halogens is 1. The fourth-order valence-electron chi connectivity index (χ4n) is 2.73. The van der Waals surface area contributed by atoms with Gasteiger partial charge in [-0.05, 0) is 29.2 Å². The zero-order valence-corrected chi connectivity index (χ0v) is 13.2. The van der Waals surface area contributed by atoms with Gasteiger partial charge in [-0.25, -0.2) is 4.98 Å². The van der Waals surface area contributed by atoms with Gasteiger partial charge in [-0.3, -0.25) is 0 Å². The third-order valence-electron chi connectivity index (χ3n) is 3.95. The Bertz CT molecular complexity index is 1030. The Labute approximate surface area is 139 Å². The lowest BCUT2D eigenvalue weighted by Crippen LogP contribution is -1.83. The van der Waals surface area contributed by atoms with Crippen molar-refractivity contribution >= 4 is 45.4 Å². The zero-order valence-electron chi connectivity index (χ0n) is 12.4. The van der Waals surface area contributed by atoms with Gasteiger partial charge in [0.15, 0.2) is 0 Å². The van der Waals surface area contributed by atoms with Crippen LogP contribution in [0.15, 0.2) is 72.8 Å². The Morgan fingerprint density at radius 1 is 0.696 bits per heavy atom. The van der Waals surface area contributed by atoms with Crippen molar-refractivity contribution in [1.29, 1.82) is 0 Å². The highest BCUT2D eigenvalue weighted by atomic mass is 35.5. The van der Waals surface area contributed by atoms with Gasteiger partial charge in [0, 0.05) is 10.8 Å². The first-order valence-corrected chi connectivity index (χ1v) is 7.90. The van der Waals surface area contributed by atoms with Crippen LogP contribution in [-0.4, -0.2) is 4.98 Å². The van der Waals surface area contributed by atoms with Gasteiger partial charge in [-0.1, -0.05) is 78.3 Å². The highest BCUT2D eigenvalue weighted by molar-refractivity contribution is 6.37. The summed E-state index contributed by atoms with van der Waals surface area (Å²) >= 11 is 6.53.